The number of H-pyrrole nitrogens is 2. The number of amides is 1. The maximum Gasteiger partial charge on any atom is 0.257 e. The highest BCUT2D eigenvalue weighted by Gasteiger charge is 2.13. The third kappa shape index (κ3) is 1.85. The van der Waals surface area contributed by atoms with Crippen LogP contribution in [0.1, 0.15) is 10.4 Å². The molecule has 0 fully saturated rings. The van der Waals surface area contributed by atoms with Gasteiger partial charge in [0.25, 0.3) is 5.91 Å². The molecule has 2 aromatic carbocycles. The van der Waals surface area contributed by atoms with Gasteiger partial charge in [-0.05, 0) is 12.1 Å². The van der Waals surface area contributed by atoms with Crippen molar-refractivity contribution >= 4 is 33.4 Å². The highest BCUT2D eigenvalue weighted by molar-refractivity contribution is 6.13. The van der Waals surface area contributed by atoms with Gasteiger partial charge in [-0.15, -0.1) is 0 Å². The van der Waals surface area contributed by atoms with Gasteiger partial charge in [-0.1, -0.05) is 24.3 Å². The molecule has 0 spiro atoms. The minimum absolute atomic E-state index is 0.188. The maximum absolute atomic E-state index is 12.5. The molecule has 2 heterocycles. The first-order valence-electron chi connectivity index (χ1n) is 6.48. The number of nitrogens with one attached hydrogen (secondary N) is 3. The Labute approximate surface area is 119 Å². The van der Waals surface area contributed by atoms with Crippen LogP contribution < -0.4 is 5.32 Å². The number of carbonyl (C=O) groups is 1. The van der Waals surface area contributed by atoms with Crippen molar-refractivity contribution in [3.05, 3.63) is 54.4 Å². The summed E-state index contributed by atoms with van der Waals surface area (Å²) in [7, 11) is 0. The van der Waals surface area contributed by atoms with E-state index in [1.807, 2.05) is 30.3 Å². The molecular formula is C15H11N5O. The van der Waals surface area contributed by atoms with Crippen LogP contribution in [0, 0.1) is 0 Å². The van der Waals surface area contributed by atoms with Gasteiger partial charge in [0.1, 0.15) is 0 Å². The van der Waals surface area contributed by atoms with Crippen LogP contribution >= 0.6 is 0 Å². The Morgan fingerprint density at radius 3 is 2.38 bits per heavy atom. The fourth-order valence-electron chi connectivity index (χ4n) is 2.42. The molecule has 0 saturated heterocycles. The zero-order valence-corrected chi connectivity index (χ0v) is 10.9. The third-order valence-electron chi connectivity index (χ3n) is 3.45. The predicted octanol–water partition coefficient (Wildman–Crippen LogP) is 2.69. The third-order valence-corrected chi connectivity index (χ3v) is 3.45. The smallest absolute Gasteiger partial charge is 0.257 e. The molecule has 0 aliphatic rings. The minimum Gasteiger partial charge on any atom is -0.320 e. The number of hydrogen-bond acceptors (Lipinski definition) is 3. The summed E-state index contributed by atoms with van der Waals surface area (Å²) in [5.41, 5.74) is 2.79. The van der Waals surface area contributed by atoms with Crippen molar-refractivity contribution < 1.29 is 4.79 Å². The van der Waals surface area contributed by atoms with Gasteiger partial charge in [-0.3, -0.25) is 15.0 Å². The van der Waals surface area contributed by atoms with Gasteiger partial charge in [0.2, 0.25) is 0 Å². The largest absolute Gasteiger partial charge is 0.320 e. The lowest BCUT2D eigenvalue weighted by Gasteiger charge is -2.07. The zero-order valence-electron chi connectivity index (χ0n) is 10.9. The van der Waals surface area contributed by atoms with Crippen molar-refractivity contribution in [3.8, 4) is 0 Å². The Morgan fingerprint density at radius 1 is 0.905 bits per heavy atom. The first-order chi connectivity index (χ1) is 10.3. The van der Waals surface area contributed by atoms with E-state index in [1.54, 1.807) is 18.5 Å². The van der Waals surface area contributed by atoms with Crippen LogP contribution in [0.25, 0.3) is 21.8 Å². The Kier molecular flexibility index (Phi) is 2.47. The van der Waals surface area contributed by atoms with Gasteiger partial charge in [-0.2, -0.15) is 10.2 Å². The van der Waals surface area contributed by atoms with E-state index in [0.29, 0.717) is 11.3 Å². The average Bonchev–Trinajstić information content (AvgIpc) is 3.15. The van der Waals surface area contributed by atoms with Crippen molar-refractivity contribution in [2.24, 2.45) is 0 Å². The fourth-order valence-corrected chi connectivity index (χ4v) is 2.42. The Bertz CT molecular complexity index is 953. The second-order valence-corrected chi connectivity index (χ2v) is 4.73. The van der Waals surface area contributed by atoms with E-state index >= 15 is 0 Å². The summed E-state index contributed by atoms with van der Waals surface area (Å²) in [6.45, 7) is 0. The van der Waals surface area contributed by atoms with E-state index in [2.05, 4.69) is 25.7 Å². The van der Waals surface area contributed by atoms with Crippen molar-refractivity contribution in [1.29, 1.82) is 0 Å². The molecule has 21 heavy (non-hydrogen) atoms. The molecule has 0 radical (unpaired) electrons. The monoisotopic (exact) mass is 277 g/mol. The first-order valence-corrected chi connectivity index (χ1v) is 6.48. The molecule has 2 aromatic heterocycles. The SMILES string of the molecule is O=C(Nc1cccc2cn[nH]c12)c1cccc2cn[nH]c12. The molecule has 0 atom stereocenters. The Hall–Kier alpha value is -3.15. The number of nitrogens with zero attached hydrogens (tertiary/aromatic N) is 2. The maximum atomic E-state index is 12.5. The summed E-state index contributed by atoms with van der Waals surface area (Å²) < 4.78 is 0. The van der Waals surface area contributed by atoms with Gasteiger partial charge < -0.3 is 5.32 Å². The topological polar surface area (TPSA) is 86.5 Å². The number of para-hydroxylation sites is 2. The van der Waals surface area contributed by atoms with E-state index in [-0.39, 0.29) is 5.91 Å². The van der Waals surface area contributed by atoms with Gasteiger partial charge in [-0.25, -0.2) is 0 Å². The van der Waals surface area contributed by atoms with E-state index in [0.717, 1.165) is 21.8 Å². The number of benzene rings is 2. The molecule has 0 saturated carbocycles. The first kappa shape index (κ1) is 11.7. The summed E-state index contributed by atoms with van der Waals surface area (Å²) in [6.07, 6.45) is 3.42. The van der Waals surface area contributed by atoms with Crippen LogP contribution in [0.4, 0.5) is 5.69 Å². The number of rotatable bonds is 2. The number of fused-ring (bicyclic) bond motifs is 2. The van der Waals surface area contributed by atoms with Gasteiger partial charge in [0.15, 0.2) is 0 Å². The zero-order chi connectivity index (χ0) is 14.2. The second kappa shape index (κ2) is 4.45. The van der Waals surface area contributed by atoms with Gasteiger partial charge >= 0.3 is 0 Å². The van der Waals surface area contributed by atoms with Crippen molar-refractivity contribution in [1.82, 2.24) is 20.4 Å². The molecule has 6 nitrogen and oxygen atoms in total. The standard InChI is InChI=1S/C15H11N5O/c21-15(11-5-1-3-9-7-16-19-13(9)11)18-12-6-2-4-10-8-17-20-14(10)12/h1-8H,(H,16,19)(H,17,20)(H,18,21). The lowest BCUT2D eigenvalue weighted by atomic mass is 10.1. The lowest BCUT2D eigenvalue weighted by Crippen LogP contribution is -2.12. The molecule has 0 aliphatic heterocycles. The molecule has 1 amide bonds. The van der Waals surface area contributed by atoms with Crippen LogP contribution in [0.15, 0.2) is 48.8 Å². The summed E-state index contributed by atoms with van der Waals surface area (Å²) in [5.74, 6) is -0.188. The lowest BCUT2D eigenvalue weighted by molar-refractivity contribution is 0.102. The van der Waals surface area contributed by atoms with Gasteiger partial charge in [0, 0.05) is 10.8 Å². The number of aromatic nitrogens is 4. The van der Waals surface area contributed by atoms with Crippen molar-refractivity contribution in [2.75, 3.05) is 5.32 Å². The van der Waals surface area contributed by atoms with Crippen LogP contribution in [-0.4, -0.2) is 26.3 Å². The van der Waals surface area contributed by atoms with Crippen LogP contribution in [0.2, 0.25) is 0 Å². The molecule has 4 aromatic rings. The summed E-state index contributed by atoms with van der Waals surface area (Å²) in [5, 5.41) is 18.5. The number of anilines is 1. The normalized spacial score (nSPS) is 11.0. The number of aromatic amines is 2. The van der Waals surface area contributed by atoms with Crippen LogP contribution in [0.5, 0.6) is 0 Å². The number of carbonyl (C=O) groups excluding carboxylic acids is 1. The predicted molar refractivity (Wildman–Crippen MR) is 80.1 cm³/mol. The molecule has 6 heteroatoms. The van der Waals surface area contributed by atoms with Crippen LogP contribution in [0.3, 0.4) is 0 Å². The summed E-state index contributed by atoms with van der Waals surface area (Å²) in [6, 6.07) is 11.2. The second-order valence-electron chi connectivity index (χ2n) is 4.73. The Morgan fingerprint density at radius 2 is 1.57 bits per heavy atom. The van der Waals surface area contributed by atoms with Gasteiger partial charge in [0.05, 0.1) is 34.7 Å². The molecule has 0 bridgehead atoms. The van der Waals surface area contributed by atoms with E-state index in [1.165, 1.54) is 0 Å². The van der Waals surface area contributed by atoms with Crippen molar-refractivity contribution in [2.45, 2.75) is 0 Å². The molecule has 102 valence electrons. The molecule has 3 N–H and O–H groups in total. The molecule has 0 aliphatic carbocycles. The Balaban J connectivity index is 1.76. The molecule has 0 unspecified atom stereocenters. The quantitative estimate of drug-likeness (QED) is 0.526. The van der Waals surface area contributed by atoms with E-state index in [4.69, 9.17) is 0 Å². The summed E-state index contributed by atoms with van der Waals surface area (Å²) >= 11 is 0. The highest BCUT2D eigenvalue weighted by Crippen LogP contribution is 2.22. The van der Waals surface area contributed by atoms with E-state index in [9.17, 15) is 4.79 Å². The average molecular weight is 277 g/mol. The van der Waals surface area contributed by atoms with E-state index < -0.39 is 0 Å². The molecule has 4 rings (SSSR count). The van der Waals surface area contributed by atoms with Crippen molar-refractivity contribution in [3.63, 3.8) is 0 Å². The van der Waals surface area contributed by atoms with Crippen LogP contribution in [-0.2, 0) is 0 Å². The number of hydrogen-bond donors (Lipinski definition) is 3. The fraction of sp³-hybridized carbons (Fsp3) is 0. The minimum atomic E-state index is -0.188. The molecular weight excluding hydrogens is 266 g/mol. The summed E-state index contributed by atoms with van der Waals surface area (Å²) in [4.78, 5) is 12.5. The highest BCUT2D eigenvalue weighted by atomic mass is 16.1.